The molecule has 0 atom stereocenters. The number of carbonyl (C=O) groups excluding carboxylic acids is 1. The number of H-pyrrole nitrogens is 1. The second-order valence-corrected chi connectivity index (χ2v) is 6.14. The maximum Gasteiger partial charge on any atom is 0.270 e. The van der Waals surface area contributed by atoms with Crippen LogP contribution in [0.4, 0.5) is 0 Å². The number of rotatable bonds is 3. The summed E-state index contributed by atoms with van der Waals surface area (Å²) >= 11 is 0. The standard InChI is InChI=1S/C19H19N3O/c23-19(21-15-4-1-2-5-15)18-7-3-6-17(22-18)13-8-9-16-14(12-13)10-11-20-16/h3,6-12,15,20H,1-2,4-5H2,(H,21,23). The highest BCUT2D eigenvalue weighted by Crippen LogP contribution is 2.23. The zero-order valence-corrected chi connectivity index (χ0v) is 12.9. The van der Waals surface area contributed by atoms with Crippen LogP contribution in [0.1, 0.15) is 36.2 Å². The van der Waals surface area contributed by atoms with E-state index in [1.165, 1.54) is 12.8 Å². The van der Waals surface area contributed by atoms with Crippen molar-refractivity contribution in [2.45, 2.75) is 31.7 Å². The van der Waals surface area contributed by atoms with Gasteiger partial charge in [0.2, 0.25) is 0 Å². The molecular weight excluding hydrogens is 286 g/mol. The zero-order chi connectivity index (χ0) is 15.6. The lowest BCUT2D eigenvalue weighted by Crippen LogP contribution is -2.33. The predicted octanol–water partition coefficient (Wildman–Crippen LogP) is 3.90. The van der Waals surface area contributed by atoms with E-state index >= 15 is 0 Å². The number of aromatic amines is 1. The van der Waals surface area contributed by atoms with E-state index in [1.807, 2.05) is 36.5 Å². The van der Waals surface area contributed by atoms with E-state index < -0.39 is 0 Å². The molecule has 2 heterocycles. The van der Waals surface area contributed by atoms with E-state index in [9.17, 15) is 4.79 Å². The average Bonchev–Trinajstić information content (AvgIpc) is 3.25. The van der Waals surface area contributed by atoms with Crippen LogP contribution in [-0.4, -0.2) is 21.9 Å². The molecule has 0 radical (unpaired) electrons. The first kappa shape index (κ1) is 14.0. The van der Waals surface area contributed by atoms with Gasteiger partial charge < -0.3 is 10.3 Å². The lowest BCUT2D eigenvalue weighted by molar-refractivity contribution is 0.0933. The molecule has 1 aliphatic rings. The molecular formula is C19H19N3O. The Morgan fingerprint density at radius 3 is 2.87 bits per heavy atom. The summed E-state index contributed by atoms with van der Waals surface area (Å²) in [4.78, 5) is 20.1. The molecule has 0 aliphatic heterocycles. The van der Waals surface area contributed by atoms with Gasteiger partial charge in [0.1, 0.15) is 5.69 Å². The number of fused-ring (bicyclic) bond motifs is 1. The van der Waals surface area contributed by atoms with Crippen LogP contribution in [-0.2, 0) is 0 Å². The fraction of sp³-hybridized carbons (Fsp3) is 0.263. The molecule has 0 spiro atoms. The molecule has 1 saturated carbocycles. The van der Waals surface area contributed by atoms with Gasteiger partial charge in [0.25, 0.3) is 5.91 Å². The van der Waals surface area contributed by atoms with Gasteiger partial charge in [0, 0.05) is 28.7 Å². The van der Waals surface area contributed by atoms with Gasteiger partial charge in [0.15, 0.2) is 0 Å². The first-order valence-electron chi connectivity index (χ1n) is 8.15. The molecule has 4 nitrogen and oxygen atoms in total. The predicted molar refractivity (Wildman–Crippen MR) is 91.3 cm³/mol. The van der Waals surface area contributed by atoms with Crippen molar-refractivity contribution in [3.63, 3.8) is 0 Å². The fourth-order valence-electron chi connectivity index (χ4n) is 3.26. The Morgan fingerprint density at radius 2 is 2.00 bits per heavy atom. The molecule has 4 heteroatoms. The van der Waals surface area contributed by atoms with Crippen molar-refractivity contribution >= 4 is 16.8 Å². The smallest absolute Gasteiger partial charge is 0.270 e. The summed E-state index contributed by atoms with van der Waals surface area (Å²) < 4.78 is 0. The number of pyridine rings is 1. The van der Waals surface area contributed by atoms with Gasteiger partial charge in [0.05, 0.1) is 5.69 Å². The fourth-order valence-corrected chi connectivity index (χ4v) is 3.26. The molecule has 1 amide bonds. The van der Waals surface area contributed by atoms with Crippen LogP contribution in [0.2, 0.25) is 0 Å². The van der Waals surface area contributed by atoms with Crippen molar-refractivity contribution in [1.29, 1.82) is 0 Å². The molecule has 2 aromatic heterocycles. The average molecular weight is 305 g/mol. The molecule has 2 N–H and O–H groups in total. The summed E-state index contributed by atoms with van der Waals surface area (Å²) in [6.45, 7) is 0. The number of carbonyl (C=O) groups is 1. The number of nitrogens with zero attached hydrogens (tertiary/aromatic N) is 1. The topological polar surface area (TPSA) is 57.8 Å². The summed E-state index contributed by atoms with van der Waals surface area (Å²) in [5, 5.41) is 4.24. The maximum absolute atomic E-state index is 12.4. The minimum atomic E-state index is -0.0681. The Bertz CT molecular complexity index is 846. The van der Waals surface area contributed by atoms with E-state index in [0.717, 1.165) is 35.0 Å². The van der Waals surface area contributed by atoms with Crippen LogP contribution in [0.15, 0.2) is 48.7 Å². The van der Waals surface area contributed by atoms with Crippen molar-refractivity contribution < 1.29 is 4.79 Å². The second-order valence-electron chi connectivity index (χ2n) is 6.14. The van der Waals surface area contributed by atoms with E-state index in [-0.39, 0.29) is 5.91 Å². The Morgan fingerprint density at radius 1 is 1.13 bits per heavy atom. The minimum absolute atomic E-state index is 0.0681. The van der Waals surface area contributed by atoms with Gasteiger partial charge in [-0.2, -0.15) is 0 Å². The van der Waals surface area contributed by atoms with Crippen molar-refractivity contribution in [2.75, 3.05) is 0 Å². The third kappa shape index (κ3) is 2.84. The SMILES string of the molecule is O=C(NC1CCCC1)c1cccc(-c2ccc3[nH]ccc3c2)n1. The van der Waals surface area contributed by atoms with E-state index in [1.54, 1.807) is 6.07 Å². The molecule has 4 rings (SSSR count). The Balaban J connectivity index is 1.60. The summed E-state index contributed by atoms with van der Waals surface area (Å²) in [5.41, 5.74) is 3.44. The quantitative estimate of drug-likeness (QED) is 0.771. The van der Waals surface area contributed by atoms with Crippen LogP contribution in [0.5, 0.6) is 0 Å². The number of hydrogen-bond acceptors (Lipinski definition) is 2. The monoisotopic (exact) mass is 305 g/mol. The first-order chi connectivity index (χ1) is 11.3. The summed E-state index contributed by atoms with van der Waals surface area (Å²) in [6.07, 6.45) is 6.49. The van der Waals surface area contributed by atoms with Gasteiger partial charge in [-0.15, -0.1) is 0 Å². The van der Waals surface area contributed by atoms with Crippen LogP contribution >= 0.6 is 0 Å². The lowest BCUT2D eigenvalue weighted by atomic mass is 10.1. The van der Waals surface area contributed by atoms with Gasteiger partial charge in [-0.25, -0.2) is 4.98 Å². The van der Waals surface area contributed by atoms with E-state index in [0.29, 0.717) is 11.7 Å². The minimum Gasteiger partial charge on any atom is -0.361 e. The molecule has 0 unspecified atom stereocenters. The van der Waals surface area contributed by atoms with Crippen LogP contribution in [0.3, 0.4) is 0 Å². The molecule has 0 saturated heterocycles. The Hall–Kier alpha value is -2.62. The van der Waals surface area contributed by atoms with Crippen molar-refractivity contribution in [1.82, 2.24) is 15.3 Å². The normalized spacial score (nSPS) is 15.1. The molecule has 1 fully saturated rings. The van der Waals surface area contributed by atoms with Crippen molar-refractivity contribution in [2.24, 2.45) is 0 Å². The largest absolute Gasteiger partial charge is 0.361 e. The molecule has 23 heavy (non-hydrogen) atoms. The summed E-state index contributed by atoms with van der Waals surface area (Å²) in [7, 11) is 0. The Kier molecular flexibility index (Phi) is 3.58. The highest BCUT2D eigenvalue weighted by Gasteiger charge is 2.18. The van der Waals surface area contributed by atoms with Gasteiger partial charge in [-0.05, 0) is 43.2 Å². The molecule has 1 aromatic carbocycles. The van der Waals surface area contributed by atoms with E-state index in [4.69, 9.17) is 0 Å². The number of amides is 1. The van der Waals surface area contributed by atoms with Crippen molar-refractivity contribution in [3.8, 4) is 11.3 Å². The summed E-state index contributed by atoms with van der Waals surface area (Å²) in [5.74, 6) is -0.0681. The van der Waals surface area contributed by atoms with Crippen LogP contribution < -0.4 is 5.32 Å². The van der Waals surface area contributed by atoms with E-state index in [2.05, 4.69) is 21.4 Å². The van der Waals surface area contributed by atoms with Gasteiger partial charge in [-0.1, -0.05) is 25.0 Å². The second kappa shape index (κ2) is 5.88. The number of benzene rings is 1. The molecule has 3 aromatic rings. The highest BCUT2D eigenvalue weighted by molar-refractivity contribution is 5.93. The highest BCUT2D eigenvalue weighted by atomic mass is 16.1. The van der Waals surface area contributed by atoms with Crippen molar-refractivity contribution in [3.05, 3.63) is 54.4 Å². The third-order valence-corrected chi connectivity index (χ3v) is 4.52. The first-order valence-corrected chi connectivity index (χ1v) is 8.15. The maximum atomic E-state index is 12.4. The van der Waals surface area contributed by atoms with Gasteiger partial charge in [-0.3, -0.25) is 4.79 Å². The van der Waals surface area contributed by atoms with Crippen LogP contribution in [0, 0.1) is 0 Å². The lowest BCUT2D eigenvalue weighted by Gasteiger charge is -2.12. The number of aromatic nitrogens is 2. The molecule has 1 aliphatic carbocycles. The Labute approximate surface area is 134 Å². The van der Waals surface area contributed by atoms with Crippen LogP contribution in [0.25, 0.3) is 22.2 Å². The van der Waals surface area contributed by atoms with Gasteiger partial charge >= 0.3 is 0 Å². The number of hydrogen-bond donors (Lipinski definition) is 2. The summed E-state index contributed by atoms with van der Waals surface area (Å²) in [6, 6.07) is 14.1. The zero-order valence-electron chi connectivity index (χ0n) is 12.9. The number of nitrogens with one attached hydrogen (secondary N) is 2. The molecule has 0 bridgehead atoms. The third-order valence-electron chi connectivity index (χ3n) is 4.52. The molecule has 116 valence electrons.